The number of thiophene rings is 1. The molecular formula is C30H49BrOSSi. The predicted molar refractivity (Wildman–Crippen MR) is 159 cm³/mol. The van der Waals surface area contributed by atoms with Crippen LogP contribution in [-0.4, -0.2) is 14.4 Å². The largest absolute Gasteiger partial charge is 0.413 e. The summed E-state index contributed by atoms with van der Waals surface area (Å²) in [6.07, 6.45) is 4.63. The van der Waals surface area contributed by atoms with Crippen molar-refractivity contribution in [1.29, 1.82) is 0 Å². The molecule has 1 heterocycles. The van der Waals surface area contributed by atoms with Gasteiger partial charge in [0.1, 0.15) is 0 Å². The first-order valence-electron chi connectivity index (χ1n) is 13.0. The van der Waals surface area contributed by atoms with Gasteiger partial charge in [-0.05, 0) is 107 Å². The molecule has 1 unspecified atom stereocenters. The summed E-state index contributed by atoms with van der Waals surface area (Å²) in [4.78, 5) is 1.48. The molecule has 1 aromatic heterocycles. The van der Waals surface area contributed by atoms with Crippen molar-refractivity contribution in [2.75, 3.05) is 0 Å². The van der Waals surface area contributed by atoms with E-state index < -0.39 is 8.32 Å². The lowest BCUT2D eigenvalue weighted by atomic mass is 9.73. The van der Waals surface area contributed by atoms with Crippen molar-refractivity contribution in [3.8, 4) is 0 Å². The third-order valence-electron chi connectivity index (χ3n) is 8.32. The van der Waals surface area contributed by atoms with Crippen molar-refractivity contribution in [3.63, 3.8) is 0 Å². The second-order valence-corrected chi connectivity index (χ2v) is 19.9. The van der Waals surface area contributed by atoms with Gasteiger partial charge in [0.2, 0.25) is 0 Å². The van der Waals surface area contributed by atoms with Crippen molar-refractivity contribution < 1.29 is 4.43 Å². The molecule has 2 rings (SSSR count). The van der Waals surface area contributed by atoms with Crippen LogP contribution in [0, 0.1) is 19.3 Å². The minimum absolute atomic E-state index is 0.0874. The van der Waals surface area contributed by atoms with E-state index in [1.165, 1.54) is 30.9 Å². The Hall–Kier alpha value is -0.423. The van der Waals surface area contributed by atoms with Gasteiger partial charge in [-0.3, -0.25) is 0 Å². The topological polar surface area (TPSA) is 9.23 Å². The van der Waals surface area contributed by atoms with Crippen LogP contribution < -0.4 is 0 Å². The van der Waals surface area contributed by atoms with Crippen LogP contribution in [0.25, 0.3) is 0 Å². The highest BCUT2D eigenvalue weighted by molar-refractivity contribution is 9.11. The van der Waals surface area contributed by atoms with Crippen LogP contribution in [-0.2, 0) is 16.3 Å². The monoisotopic (exact) mass is 564 g/mol. The van der Waals surface area contributed by atoms with Gasteiger partial charge in [-0.2, -0.15) is 0 Å². The molecule has 0 amide bonds. The molecule has 0 saturated carbocycles. The summed E-state index contributed by atoms with van der Waals surface area (Å²) >= 11 is 5.66. The van der Waals surface area contributed by atoms with Crippen LogP contribution >= 0.6 is 27.3 Å². The van der Waals surface area contributed by atoms with Gasteiger partial charge >= 0.3 is 0 Å². The maximum absolute atomic E-state index is 6.95. The SMILES string of the molecule is CCC(CC)(c1ccc(CCC(O[Si](C)(C)C(C)(C)C)C(C)(C)C)c(C)c1)c1cc(C)c(Br)s1. The molecule has 0 aliphatic carbocycles. The van der Waals surface area contributed by atoms with Gasteiger partial charge in [-0.15, -0.1) is 11.3 Å². The number of benzene rings is 1. The fraction of sp³-hybridized carbons (Fsp3) is 0.667. The van der Waals surface area contributed by atoms with Crippen LogP contribution in [0.3, 0.4) is 0 Å². The number of halogens is 1. The average molecular weight is 566 g/mol. The third-order valence-corrected chi connectivity index (χ3v) is 15.1. The van der Waals surface area contributed by atoms with Crippen molar-refractivity contribution in [2.45, 2.75) is 125 Å². The Morgan fingerprint density at radius 1 is 0.941 bits per heavy atom. The maximum atomic E-state index is 6.95. The van der Waals surface area contributed by atoms with E-state index in [4.69, 9.17) is 4.43 Å². The van der Waals surface area contributed by atoms with Crippen LogP contribution in [0.4, 0.5) is 0 Å². The summed E-state index contributed by atoms with van der Waals surface area (Å²) in [6.45, 7) is 27.9. The molecule has 0 spiro atoms. The zero-order valence-corrected chi connectivity index (χ0v) is 27.3. The highest BCUT2D eigenvalue weighted by Crippen LogP contribution is 2.45. The fourth-order valence-electron chi connectivity index (χ4n) is 4.61. The van der Waals surface area contributed by atoms with E-state index in [-0.39, 0.29) is 22.0 Å². The van der Waals surface area contributed by atoms with Crippen molar-refractivity contribution >= 4 is 35.6 Å². The van der Waals surface area contributed by atoms with E-state index >= 15 is 0 Å². The van der Waals surface area contributed by atoms with E-state index in [0.717, 1.165) is 25.7 Å². The lowest BCUT2D eigenvalue weighted by Gasteiger charge is -2.43. The van der Waals surface area contributed by atoms with Gasteiger partial charge in [0.15, 0.2) is 8.32 Å². The Kier molecular flexibility index (Phi) is 9.56. The molecule has 0 saturated heterocycles. The Balaban J connectivity index is 2.31. The second kappa shape index (κ2) is 10.9. The zero-order chi connectivity index (χ0) is 26.1. The zero-order valence-electron chi connectivity index (χ0n) is 23.9. The Bertz CT molecular complexity index is 938. The fourth-order valence-corrected chi connectivity index (χ4v) is 8.03. The number of aryl methyl sites for hydroxylation is 3. The maximum Gasteiger partial charge on any atom is 0.192 e. The van der Waals surface area contributed by atoms with Crippen molar-refractivity contribution in [3.05, 3.63) is 55.2 Å². The molecule has 0 fully saturated rings. The molecular weight excluding hydrogens is 516 g/mol. The molecule has 0 radical (unpaired) electrons. The molecule has 1 nitrogen and oxygen atoms in total. The summed E-state index contributed by atoms with van der Waals surface area (Å²) in [7, 11) is -1.82. The van der Waals surface area contributed by atoms with E-state index in [1.807, 2.05) is 11.3 Å². The summed E-state index contributed by atoms with van der Waals surface area (Å²) in [5, 5.41) is 0.229. The first-order chi connectivity index (χ1) is 15.5. The van der Waals surface area contributed by atoms with Gasteiger partial charge in [-0.1, -0.05) is 73.6 Å². The normalized spacial score (nSPS) is 14.5. The van der Waals surface area contributed by atoms with Crippen LogP contribution in [0.15, 0.2) is 28.1 Å². The van der Waals surface area contributed by atoms with E-state index in [2.05, 4.69) is 123 Å². The van der Waals surface area contributed by atoms with Crippen molar-refractivity contribution in [1.82, 2.24) is 0 Å². The first-order valence-corrected chi connectivity index (χ1v) is 17.5. The van der Waals surface area contributed by atoms with Gasteiger partial charge in [0.25, 0.3) is 0 Å². The van der Waals surface area contributed by atoms with Gasteiger partial charge < -0.3 is 4.43 Å². The highest BCUT2D eigenvalue weighted by Gasteiger charge is 2.41. The molecule has 0 aliphatic rings. The molecule has 0 N–H and O–H groups in total. The molecule has 192 valence electrons. The van der Waals surface area contributed by atoms with Gasteiger partial charge in [-0.25, -0.2) is 0 Å². The molecule has 1 atom stereocenters. The molecule has 4 heteroatoms. The third kappa shape index (κ3) is 6.46. The summed E-state index contributed by atoms with van der Waals surface area (Å²) < 4.78 is 8.21. The van der Waals surface area contributed by atoms with E-state index in [0.29, 0.717) is 0 Å². The minimum Gasteiger partial charge on any atom is -0.413 e. The van der Waals surface area contributed by atoms with Gasteiger partial charge in [0.05, 0.1) is 9.89 Å². The standard InChI is InChI=1S/C30H49BrOSSi/c1-13-30(14-2,26-20-22(4)27(31)33-26)24-17-15-23(21(3)19-24)16-18-25(28(5,6)7)32-34(11,12)29(8,9)10/h15,17,19-20,25H,13-14,16,18H2,1-12H3. The van der Waals surface area contributed by atoms with Crippen LogP contribution in [0.5, 0.6) is 0 Å². The predicted octanol–water partition coefficient (Wildman–Crippen LogP) is 10.6. The summed E-state index contributed by atoms with van der Waals surface area (Å²) in [6, 6.07) is 9.65. The number of rotatable bonds is 9. The number of hydrogen-bond donors (Lipinski definition) is 0. The second-order valence-electron chi connectivity index (χ2n) is 12.8. The van der Waals surface area contributed by atoms with E-state index in [1.54, 1.807) is 0 Å². The Morgan fingerprint density at radius 3 is 1.94 bits per heavy atom. The molecule has 34 heavy (non-hydrogen) atoms. The molecule has 1 aromatic carbocycles. The molecule has 0 aliphatic heterocycles. The van der Waals surface area contributed by atoms with Crippen molar-refractivity contribution in [2.24, 2.45) is 5.41 Å². The molecule has 2 aromatic rings. The lowest BCUT2D eigenvalue weighted by molar-refractivity contribution is 0.0657. The average Bonchev–Trinajstić information content (AvgIpc) is 3.04. The van der Waals surface area contributed by atoms with Crippen LogP contribution in [0.2, 0.25) is 18.1 Å². The summed E-state index contributed by atoms with van der Waals surface area (Å²) in [5.74, 6) is 0. The number of hydrogen-bond acceptors (Lipinski definition) is 2. The van der Waals surface area contributed by atoms with Gasteiger partial charge in [0, 0.05) is 10.3 Å². The lowest BCUT2D eigenvalue weighted by Crippen LogP contribution is -2.47. The molecule has 0 bridgehead atoms. The first kappa shape index (κ1) is 29.8. The quantitative estimate of drug-likeness (QED) is 0.275. The Morgan fingerprint density at radius 2 is 1.53 bits per heavy atom. The Labute approximate surface area is 224 Å². The van der Waals surface area contributed by atoms with Crippen LogP contribution in [0.1, 0.15) is 102 Å². The smallest absolute Gasteiger partial charge is 0.192 e. The summed E-state index contributed by atoms with van der Waals surface area (Å²) in [5.41, 5.74) is 5.89. The highest BCUT2D eigenvalue weighted by atomic mass is 79.9. The van der Waals surface area contributed by atoms with E-state index in [9.17, 15) is 0 Å². The minimum atomic E-state index is -1.82.